The van der Waals surface area contributed by atoms with Crippen LogP contribution in [-0.4, -0.2) is 13.1 Å². The van der Waals surface area contributed by atoms with E-state index in [-0.39, 0.29) is 11.4 Å². The van der Waals surface area contributed by atoms with E-state index in [2.05, 4.69) is 32.0 Å². The predicted octanol–water partition coefficient (Wildman–Crippen LogP) is 2.80. The Balaban J connectivity index is 2.15. The second-order valence-electron chi connectivity index (χ2n) is 4.87. The van der Waals surface area contributed by atoms with E-state index in [0.29, 0.717) is 0 Å². The average Bonchev–Trinajstić information content (AvgIpc) is 3.03. The fourth-order valence-corrected chi connectivity index (χ4v) is 2.12. The molecule has 0 aromatic heterocycles. The fraction of sp³-hybridized carbons (Fsp3) is 0.500. The summed E-state index contributed by atoms with van der Waals surface area (Å²) in [5.41, 5.74) is 3.62. The number of methoxy groups -OCH3 is 1. The Morgan fingerprint density at radius 3 is 2.50 bits per heavy atom. The van der Waals surface area contributed by atoms with Crippen molar-refractivity contribution in [3.63, 3.8) is 0 Å². The Kier molecular flexibility index (Phi) is 2.75. The first-order valence-electron chi connectivity index (χ1n) is 5.72. The third-order valence-electron chi connectivity index (χ3n) is 3.59. The number of rotatable bonds is 3. The van der Waals surface area contributed by atoms with Crippen LogP contribution in [0.15, 0.2) is 18.2 Å². The van der Waals surface area contributed by atoms with Crippen LogP contribution >= 0.6 is 0 Å². The van der Waals surface area contributed by atoms with Crippen LogP contribution in [0.5, 0.6) is 0 Å². The largest absolute Gasteiger partial charge is 0.469 e. The molecule has 0 N–H and O–H groups in total. The lowest BCUT2D eigenvalue weighted by molar-refractivity contribution is -0.147. The second-order valence-corrected chi connectivity index (χ2v) is 4.87. The maximum Gasteiger partial charge on any atom is 0.312 e. The van der Waals surface area contributed by atoms with Gasteiger partial charge in [-0.15, -0.1) is 0 Å². The van der Waals surface area contributed by atoms with Crippen molar-refractivity contribution in [2.45, 2.75) is 33.1 Å². The molecule has 1 aliphatic carbocycles. The predicted molar refractivity (Wildman–Crippen MR) is 63.3 cm³/mol. The lowest BCUT2D eigenvalue weighted by atomic mass is 9.94. The zero-order valence-electron chi connectivity index (χ0n) is 10.2. The van der Waals surface area contributed by atoms with E-state index in [0.717, 1.165) is 19.3 Å². The summed E-state index contributed by atoms with van der Waals surface area (Å²) in [7, 11) is 1.47. The molecule has 0 spiro atoms. The summed E-state index contributed by atoms with van der Waals surface area (Å²) in [5, 5.41) is 0. The molecule has 0 saturated heterocycles. The molecular formula is C14H18O2. The zero-order valence-corrected chi connectivity index (χ0v) is 10.2. The molecule has 0 radical (unpaired) electrons. The van der Waals surface area contributed by atoms with Crippen LogP contribution in [0.1, 0.15) is 29.5 Å². The summed E-state index contributed by atoms with van der Waals surface area (Å²) in [6.07, 6.45) is 2.75. The van der Waals surface area contributed by atoms with Crippen LogP contribution in [0.2, 0.25) is 0 Å². The number of carbonyl (C=O) groups is 1. The molecule has 1 saturated carbocycles. The Labute approximate surface area is 96.6 Å². The number of ether oxygens (including phenoxy) is 1. The van der Waals surface area contributed by atoms with Crippen LogP contribution in [-0.2, 0) is 16.0 Å². The van der Waals surface area contributed by atoms with Gasteiger partial charge in [0.2, 0.25) is 0 Å². The van der Waals surface area contributed by atoms with E-state index in [1.165, 1.54) is 23.8 Å². The van der Waals surface area contributed by atoms with Crippen LogP contribution in [0, 0.1) is 19.3 Å². The van der Waals surface area contributed by atoms with Crippen molar-refractivity contribution in [3.05, 3.63) is 34.9 Å². The number of hydrogen-bond acceptors (Lipinski definition) is 2. The van der Waals surface area contributed by atoms with Gasteiger partial charge in [0.1, 0.15) is 0 Å². The van der Waals surface area contributed by atoms with Gasteiger partial charge in [-0.3, -0.25) is 4.79 Å². The number of carbonyl (C=O) groups excluding carboxylic acids is 1. The van der Waals surface area contributed by atoms with Crippen molar-refractivity contribution in [2.75, 3.05) is 7.11 Å². The summed E-state index contributed by atoms with van der Waals surface area (Å²) in [4.78, 5) is 11.6. The highest BCUT2D eigenvalue weighted by Crippen LogP contribution is 2.49. The van der Waals surface area contributed by atoms with Crippen molar-refractivity contribution in [3.8, 4) is 0 Å². The van der Waals surface area contributed by atoms with Gasteiger partial charge in [-0.05, 0) is 49.8 Å². The van der Waals surface area contributed by atoms with Gasteiger partial charge >= 0.3 is 5.97 Å². The molecule has 2 rings (SSSR count). The van der Waals surface area contributed by atoms with Crippen molar-refractivity contribution < 1.29 is 9.53 Å². The standard InChI is InChI=1S/C14H18O2/c1-10-4-5-12(8-11(10)2)9-14(6-7-14)13(15)16-3/h4-5,8H,6-7,9H2,1-3H3. The molecular weight excluding hydrogens is 200 g/mol. The fourth-order valence-electron chi connectivity index (χ4n) is 2.12. The summed E-state index contributed by atoms with van der Waals surface area (Å²) < 4.78 is 4.86. The minimum Gasteiger partial charge on any atom is -0.469 e. The van der Waals surface area contributed by atoms with Crippen molar-refractivity contribution in [1.82, 2.24) is 0 Å². The molecule has 1 aromatic carbocycles. The molecule has 86 valence electrons. The molecule has 0 atom stereocenters. The van der Waals surface area contributed by atoms with E-state index >= 15 is 0 Å². The lowest BCUT2D eigenvalue weighted by Crippen LogP contribution is -2.20. The van der Waals surface area contributed by atoms with E-state index in [1.54, 1.807) is 0 Å². The maximum absolute atomic E-state index is 11.6. The SMILES string of the molecule is COC(=O)C1(Cc2ccc(C)c(C)c2)CC1. The smallest absolute Gasteiger partial charge is 0.312 e. The van der Waals surface area contributed by atoms with E-state index in [9.17, 15) is 4.79 Å². The van der Waals surface area contributed by atoms with E-state index < -0.39 is 0 Å². The normalized spacial score (nSPS) is 16.9. The number of aryl methyl sites for hydroxylation is 2. The molecule has 1 aromatic rings. The van der Waals surface area contributed by atoms with Gasteiger partial charge in [-0.25, -0.2) is 0 Å². The van der Waals surface area contributed by atoms with Crippen molar-refractivity contribution in [1.29, 1.82) is 0 Å². The maximum atomic E-state index is 11.6. The molecule has 0 heterocycles. The molecule has 16 heavy (non-hydrogen) atoms. The quantitative estimate of drug-likeness (QED) is 0.729. The first kappa shape index (κ1) is 11.2. The van der Waals surface area contributed by atoms with Gasteiger partial charge in [-0.2, -0.15) is 0 Å². The van der Waals surface area contributed by atoms with Crippen LogP contribution in [0.4, 0.5) is 0 Å². The lowest BCUT2D eigenvalue weighted by Gasteiger charge is -2.13. The third kappa shape index (κ3) is 1.97. The topological polar surface area (TPSA) is 26.3 Å². The van der Waals surface area contributed by atoms with Crippen LogP contribution in [0.25, 0.3) is 0 Å². The Bertz CT molecular complexity index is 417. The summed E-state index contributed by atoms with van der Waals surface area (Å²) >= 11 is 0. The monoisotopic (exact) mass is 218 g/mol. The highest BCUT2D eigenvalue weighted by atomic mass is 16.5. The van der Waals surface area contributed by atoms with Gasteiger partial charge in [0.05, 0.1) is 12.5 Å². The Morgan fingerprint density at radius 1 is 1.31 bits per heavy atom. The number of hydrogen-bond donors (Lipinski definition) is 0. The molecule has 2 nitrogen and oxygen atoms in total. The highest BCUT2D eigenvalue weighted by molar-refractivity contribution is 5.80. The molecule has 1 aliphatic rings. The summed E-state index contributed by atoms with van der Waals surface area (Å²) in [5.74, 6) is -0.0503. The van der Waals surface area contributed by atoms with Crippen LogP contribution < -0.4 is 0 Å². The van der Waals surface area contributed by atoms with E-state index in [1.807, 2.05) is 0 Å². The minimum absolute atomic E-state index is 0.0503. The Morgan fingerprint density at radius 2 is 2.00 bits per heavy atom. The van der Waals surface area contributed by atoms with Gasteiger partial charge in [-0.1, -0.05) is 18.2 Å². The first-order valence-corrected chi connectivity index (χ1v) is 5.72. The number of esters is 1. The van der Waals surface area contributed by atoms with Crippen LogP contribution in [0.3, 0.4) is 0 Å². The zero-order chi connectivity index (χ0) is 11.8. The molecule has 1 fully saturated rings. The van der Waals surface area contributed by atoms with Gasteiger partial charge in [0, 0.05) is 0 Å². The molecule has 0 aliphatic heterocycles. The highest BCUT2D eigenvalue weighted by Gasteiger charge is 2.50. The molecule has 0 bridgehead atoms. The average molecular weight is 218 g/mol. The second kappa shape index (κ2) is 3.93. The number of benzene rings is 1. The molecule has 0 unspecified atom stereocenters. The van der Waals surface area contributed by atoms with E-state index in [4.69, 9.17) is 4.74 Å². The summed E-state index contributed by atoms with van der Waals surface area (Å²) in [6, 6.07) is 6.42. The minimum atomic E-state index is -0.212. The van der Waals surface area contributed by atoms with Gasteiger partial charge < -0.3 is 4.74 Å². The van der Waals surface area contributed by atoms with Crippen molar-refractivity contribution in [2.24, 2.45) is 5.41 Å². The van der Waals surface area contributed by atoms with Crippen molar-refractivity contribution >= 4 is 5.97 Å². The van der Waals surface area contributed by atoms with Gasteiger partial charge in [0.15, 0.2) is 0 Å². The molecule has 2 heteroatoms. The summed E-state index contributed by atoms with van der Waals surface area (Å²) in [6.45, 7) is 4.21. The van der Waals surface area contributed by atoms with Gasteiger partial charge in [0.25, 0.3) is 0 Å². The Hall–Kier alpha value is -1.31. The first-order chi connectivity index (χ1) is 7.57. The third-order valence-corrected chi connectivity index (χ3v) is 3.59. The molecule has 0 amide bonds.